The van der Waals surface area contributed by atoms with Gasteiger partial charge in [0.25, 0.3) is 0 Å². The molecule has 0 radical (unpaired) electrons. The summed E-state index contributed by atoms with van der Waals surface area (Å²) in [5.41, 5.74) is 3.90. The largest absolute Gasteiger partial charge is 0.328 e. The molecule has 1 aliphatic rings. The monoisotopic (exact) mass is 278 g/mol. The topological polar surface area (TPSA) is 38.5 Å². The number of rotatable bonds is 4. The van der Waals surface area contributed by atoms with E-state index < -0.39 is 0 Å². The van der Waals surface area contributed by atoms with E-state index in [0.717, 1.165) is 46.9 Å². The van der Waals surface area contributed by atoms with Crippen molar-refractivity contribution >= 4 is 23.4 Å². The van der Waals surface area contributed by atoms with Crippen LogP contribution in [-0.4, -0.2) is 19.3 Å². The first-order valence-electron chi connectivity index (χ1n) is 7.08. The van der Waals surface area contributed by atoms with Crippen LogP contribution in [0.2, 0.25) is 0 Å². The fraction of sp³-hybridized carbons (Fsp3) is 0.714. The number of hydrogen-bond donors (Lipinski definition) is 1. The summed E-state index contributed by atoms with van der Waals surface area (Å²) in [5, 5.41) is 4.62. The Morgan fingerprint density at radius 1 is 1.47 bits per heavy atom. The molecule has 3 rings (SSSR count). The van der Waals surface area contributed by atoms with E-state index in [2.05, 4.69) is 35.4 Å². The zero-order valence-electron chi connectivity index (χ0n) is 12.2. The zero-order chi connectivity index (χ0) is 13.8. The summed E-state index contributed by atoms with van der Waals surface area (Å²) in [6.45, 7) is 7.85. The lowest BCUT2D eigenvalue weighted by atomic mass is 10.1. The number of nitrogens with zero attached hydrogens (tertiary/aromatic N) is 3. The van der Waals surface area contributed by atoms with E-state index in [0.29, 0.717) is 5.41 Å². The van der Waals surface area contributed by atoms with E-state index in [1.165, 1.54) is 6.42 Å². The van der Waals surface area contributed by atoms with Crippen molar-refractivity contribution in [1.82, 2.24) is 19.3 Å². The second kappa shape index (κ2) is 4.20. The molecule has 5 heteroatoms. The van der Waals surface area contributed by atoms with Gasteiger partial charge < -0.3 is 9.55 Å². The Morgan fingerprint density at radius 2 is 2.16 bits per heavy atom. The number of hydrogen-bond acceptors (Lipinski definition) is 2. The van der Waals surface area contributed by atoms with Crippen molar-refractivity contribution in [2.24, 2.45) is 18.4 Å². The van der Waals surface area contributed by atoms with Crippen LogP contribution in [0.25, 0.3) is 11.2 Å². The minimum atomic E-state index is 0.475. The van der Waals surface area contributed by atoms with Gasteiger partial charge in [0.05, 0.1) is 5.69 Å². The lowest BCUT2D eigenvalue weighted by molar-refractivity contribution is 0.497. The van der Waals surface area contributed by atoms with Crippen LogP contribution in [0.3, 0.4) is 0 Å². The number of imidazole rings is 1. The third kappa shape index (κ3) is 2.04. The molecule has 104 valence electrons. The van der Waals surface area contributed by atoms with Crippen LogP contribution in [0, 0.1) is 16.1 Å². The first kappa shape index (κ1) is 12.9. The smallest absolute Gasteiger partial charge is 0.179 e. The molecular formula is C14H22N4S. The van der Waals surface area contributed by atoms with E-state index in [1.807, 2.05) is 11.7 Å². The second-order valence-electron chi connectivity index (χ2n) is 6.45. The van der Waals surface area contributed by atoms with Crippen molar-refractivity contribution in [3.63, 3.8) is 0 Å². The van der Waals surface area contributed by atoms with Gasteiger partial charge in [0, 0.05) is 13.6 Å². The molecule has 0 spiro atoms. The van der Waals surface area contributed by atoms with Crippen LogP contribution in [-0.2, 0) is 20.0 Å². The van der Waals surface area contributed by atoms with Gasteiger partial charge >= 0.3 is 0 Å². The van der Waals surface area contributed by atoms with E-state index in [9.17, 15) is 0 Å². The quantitative estimate of drug-likeness (QED) is 0.870. The van der Waals surface area contributed by atoms with Crippen LogP contribution >= 0.6 is 12.2 Å². The van der Waals surface area contributed by atoms with E-state index in [4.69, 9.17) is 12.2 Å². The maximum absolute atomic E-state index is 5.50. The standard InChI is InChI=1S/C14H22N4S/c1-5-6-10-11-12(17(4)16-10)18(13(19)15-11)8-9-7-14(9,2)3/h9H,5-8H2,1-4H3,(H,15,19). The molecule has 2 aromatic rings. The second-order valence-corrected chi connectivity index (χ2v) is 6.84. The van der Waals surface area contributed by atoms with Crippen molar-refractivity contribution in [3.8, 4) is 0 Å². The molecule has 0 bridgehead atoms. The molecule has 1 aliphatic carbocycles. The highest BCUT2D eigenvalue weighted by atomic mass is 32.1. The van der Waals surface area contributed by atoms with Crippen LogP contribution < -0.4 is 0 Å². The summed E-state index contributed by atoms with van der Waals surface area (Å²) in [6, 6.07) is 0. The first-order valence-corrected chi connectivity index (χ1v) is 7.49. The van der Waals surface area contributed by atoms with Gasteiger partial charge in [-0.05, 0) is 36.4 Å². The van der Waals surface area contributed by atoms with Gasteiger partial charge in [-0.1, -0.05) is 27.2 Å². The summed E-state index contributed by atoms with van der Waals surface area (Å²) in [4.78, 5) is 3.36. The predicted octanol–water partition coefficient (Wildman–Crippen LogP) is 3.43. The predicted molar refractivity (Wildman–Crippen MR) is 79.8 cm³/mol. The summed E-state index contributed by atoms with van der Waals surface area (Å²) in [6.07, 6.45) is 3.40. The molecule has 0 aliphatic heterocycles. The highest BCUT2D eigenvalue weighted by Gasteiger charge is 2.45. The molecule has 1 atom stereocenters. The molecule has 1 saturated carbocycles. The molecule has 1 unspecified atom stereocenters. The highest BCUT2D eigenvalue weighted by molar-refractivity contribution is 7.71. The minimum absolute atomic E-state index is 0.475. The van der Waals surface area contributed by atoms with E-state index >= 15 is 0 Å². The summed E-state index contributed by atoms with van der Waals surface area (Å²) >= 11 is 5.50. The number of H-pyrrole nitrogens is 1. The normalized spacial score (nSPS) is 21.2. The number of nitrogens with one attached hydrogen (secondary N) is 1. The number of aryl methyl sites for hydroxylation is 2. The van der Waals surface area contributed by atoms with Crippen LogP contribution in [0.1, 0.15) is 39.3 Å². The Bertz CT molecular complexity index is 673. The highest BCUT2D eigenvalue weighted by Crippen LogP contribution is 2.52. The van der Waals surface area contributed by atoms with Gasteiger partial charge in [-0.25, -0.2) is 0 Å². The van der Waals surface area contributed by atoms with Gasteiger partial charge in [0.1, 0.15) is 5.52 Å². The Morgan fingerprint density at radius 3 is 2.74 bits per heavy atom. The molecule has 0 amide bonds. The van der Waals surface area contributed by atoms with Crippen LogP contribution in [0.5, 0.6) is 0 Å². The first-order chi connectivity index (χ1) is 8.94. The average Bonchev–Trinajstić information content (AvgIpc) is 2.65. The van der Waals surface area contributed by atoms with Gasteiger partial charge in [0.2, 0.25) is 0 Å². The molecule has 4 nitrogen and oxygen atoms in total. The molecule has 1 N–H and O–H groups in total. The van der Waals surface area contributed by atoms with Gasteiger partial charge in [-0.2, -0.15) is 5.10 Å². The molecular weight excluding hydrogens is 256 g/mol. The van der Waals surface area contributed by atoms with Gasteiger partial charge in [0.15, 0.2) is 10.4 Å². The molecule has 19 heavy (non-hydrogen) atoms. The maximum atomic E-state index is 5.50. The van der Waals surface area contributed by atoms with E-state index in [1.54, 1.807) is 0 Å². The van der Waals surface area contributed by atoms with Gasteiger partial charge in [-0.15, -0.1) is 0 Å². The molecule has 0 aromatic carbocycles. The third-order valence-electron chi connectivity index (χ3n) is 4.43. The zero-order valence-corrected chi connectivity index (χ0v) is 13.0. The molecule has 0 saturated heterocycles. The molecule has 2 heterocycles. The Kier molecular flexibility index (Phi) is 2.85. The molecule has 1 fully saturated rings. The Balaban J connectivity index is 2.04. The van der Waals surface area contributed by atoms with Crippen molar-refractivity contribution in [2.45, 2.75) is 46.6 Å². The fourth-order valence-corrected chi connectivity index (χ4v) is 3.23. The summed E-state index contributed by atoms with van der Waals surface area (Å²) in [7, 11) is 2.01. The number of aromatic nitrogens is 4. The van der Waals surface area contributed by atoms with Crippen molar-refractivity contribution < 1.29 is 0 Å². The summed E-state index contributed by atoms with van der Waals surface area (Å²) < 4.78 is 5.04. The SMILES string of the molecule is CCCc1nn(C)c2c1[nH]c(=S)n2CC1CC1(C)C. The third-order valence-corrected chi connectivity index (χ3v) is 4.75. The minimum Gasteiger partial charge on any atom is -0.328 e. The van der Waals surface area contributed by atoms with Crippen molar-refractivity contribution in [1.29, 1.82) is 0 Å². The van der Waals surface area contributed by atoms with E-state index in [-0.39, 0.29) is 0 Å². The fourth-order valence-electron chi connectivity index (χ4n) is 2.97. The Labute approximate surface area is 118 Å². The van der Waals surface area contributed by atoms with Crippen LogP contribution in [0.4, 0.5) is 0 Å². The average molecular weight is 278 g/mol. The lowest BCUT2D eigenvalue weighted by Crippen LogP contribution is -2.07. The van der Waals surface area contributed by atoms with Crippen molar-refractivity contribution in [3.05, 3.63) is 10.5 Å². The Hall–Kier alpha value is -1.10. The van der Waals surface area contributed by atoms with Crippen LogP contribution in [0.15, 0.2) is 0 Å². The van der Waals surface area contributed by atoms with Crippen molar-refractivity contribution in [2.75, 3.05) is 0 Å². The number of fused-ring (bicyclic) bond motifs is 1. The maximum Gasteiger partial charge on any atom is 0.179 e. The lowest BCUT2D eigenvalue weighted by Gasteiger charge is -2.06. The molecule has 2 aromatic heterocycles. The number of aromatic amines is 1. The summed E-state index contributed by atoms with van der Waals surface area (Å²) in [5.74, 6) is 0.739. The van der Waals surface area contributed by atoms with Gasteiger partial charge in [-0.3, -0.25) is 4.68 Å².